The van der Waals surface area contributed by atoms with E-state index in [9.17, 15) is 13.2 Å². The van der Waals surface area contributed by atoms with Gasteiger partial charge in [0.25, 0.3) is 5.56 Å². The number of aromatic amines is 1. The number of nitrogens with one attached hydrogen (secondary N) is 1. The number of H-pyrrole nitrogens is 1. The van der Waals surface area contributed by atoms with Crippen molar-refractivity contribution >= 4 is 32.7 Å². The van der Waals surface area contributed by atoms with Gasteiger partial charge in [-0.2, -0.15) is 4.31 Å². The number of aromatic nitrogens is 3. The molecule has 1 fully saturated rings. The lowest BCUT2D eigenvalue weighted by molar-refractivity contribution is 0.171. The Hall–Kier alpha value is -2.44. The van der Waals surface area contributed by atoms with Crippen LogP contribution in [0.3, 0.4) is 0 Å². The van der Waals surface area contributed by atoms with Crippen LogP contribution in [0.25, 0.3) is 22.4 Å². The number of rotatable bonds is 10. The molecule has 0 unspecified atom stereocenters. The van der Waals surface area contributed by atoms with E-state index in [-0.39, 0.29) is 22.9 Å². The third kappa shape index (κ3) is 5.42. The van der Waals surface area contributed by atoms with Crippen molar-refractivity contribution in [3.8, 4) is 17.1 Å². The Balaban J connectivity index is 1.76. The first-order valence-corrected chi connectivity index (χ1v) is 14.4. The molecule has 1 aromatic carbocycles. The second kappa shape index (κ2) is 11.5. The van der Waals surface area contributed by atoms with Crippen molar-refractivity contribution in [3.63, 3.8) is 0 Å². The van der Waals surface area contributed by atoms with Crippen molar-refractivity contribution < 1.29 is 18.3 Å². The Labute approximate surface area is 221 Å². The number of hydrogen-bond acceptors (Lipinski definition) is 7. The number of ether oxygens (including phenoxy) is 1. The van der Waals surface area contributed by atoms with Crippen molar-refractivity contribution in [2.24, 2.45) is 7.05 Å². The molecule has 2 N–H and O–H groups in total. The van der Waals surface area contributed by atoms with Gasteiger partial charge in [0.05, 0.1) is 17.1 Å². The quantitative estimate of drug-likeness (QED) is 0.397. The van der Waals surface area contributed by atoms with E-state index in [1.54, 1.807) is 17.7 Å². The van der Waals surface area contributed by atoms with Gasteiger partial charge < -0.3 is 24.3 Å². The number of aliphatic hydroxyl groups excluding tert-OH is 1. The zero-order valence-corrected chi connectivity index (χ0v) is 23.0. The highest BCUT2D eigenvalue weighted by atomic mass is 35.5. The SMILES string of the molecule is CCCc1c(Cl)n(C)c2c(=O)[nH]c(-c3cc(S(=O)(=O)N4CCN(CCCO)CC4)ccc3OCC)nc12. The molecular weight excluding hydrogens is 518 g/mol. The molecule has 1 aliphatic rings. The van der Waals surface area contributed by atoms with Gasteiger partial charge in [-0.1, -0.05) is 24.9 Å². The summed E-state index contributed by atoms with van der Waals surface area (Å²) >= 11 is 6.52. The third-order valence-electron chi connectivity index (χ3n) is 6.67. The Morgan fingerprint density at radius 1 is 1.19 bits per heavy atom. The molecule has 202 valence electrons. The number of benzene rings is 1. The molecule has 3 aromatic rings. The molecule has 0 saturated carbocycles. The lowest BCUT2D eigenvalue weighted by atomic mass is 10.1. The summed E-state index contributed by atoms with van der Waals surface area (Å²) in [5.41, 5.74) is 1.70. The van der Waals surface area contributed by atoms with E-state index in [1.807, 2.05) is 13.8 Å². The summed E-state index contributed by atoms with van der Waals surface area (Å²) in [6, 6.07) is 4.66. The first-order chi connectivity index (χ1) is 17.7. The van der Waals surface area contributed by atoms with Gasteiger partial charge >= 0.3 is 0 Å². The summed E-state index contributed by atoms with van der Waals surface area (Å²) in [4.78, 5) is 22.9. The van der Waals surface area contributed by atoms with Gasteiger partial charge in [-0.3, -0.25) is 4.79 Å². The van der Waals surface area contributed by atoms with Crippen LogP contribution in [0.1, 0.15) is 32.3 Å². The molecule has 0 amide bonds. The standard InChI is InChI=1S/C25H34ClN5O5S/c1-4-7-18-21-22(29(3)23(18)26)25(33)28-24(27-21)19-16-17(8-9-20(19)36-5-2)37(34,35)31-13-11-30(12-14-31)10-6-15-32/h8-9,16,32H,4-7,10-15H2,1-3H3,(H,27,28,33). The molecule has 4 rings (SSSR count). The minimum atomic E-state index is -3.78. The third-order valence-corrected chi connectivity index (χ3v) is 9.04. The van der Waals surface area contributed by atoms with Crippen molar-refractivity contribution in [1.82, 2.24) is 23.7 Å². The molecule has 0 spiro atoms. The fourth-order valence-corrected chi connectivity index (χ4v) is 6.48. The summed E-state index contributed by atoms with van der Waals surface area (Å²) in [6.07, 6.45) is 2.15. The van der Waals surface area contributed by atoms with Crippen LogP contribution < -0.4 is 10.3 Å². The maximum Gasteiger partial charge on any atom is 0.275 e. The molecule has 1 saturated heterocycles. The number of aliphatic hydroxyl groups is 1. The Morgan fingerprint density at radius 2 is 1.92 bits per heavy atom. The van der Waals surface area contributed by atoms with Gasteiger partial charge in [0.1, 0.15) is 27.8 Å². The van der Waals surface area contributed by atoms with Crippen LogP contribution in [0.15, 0.2) is 27.9 Å². The summed E-state index contributed by atoms with van der Waals surface area (Å²) in [6.45, 7) is 7.00. The van der Waals surface area contributed by atoms with Gasteiger partial charge in [-0.05, 0) is 38.0 Å². The highest BCUT2D eigenvalue weighted by Crippen LogP contribution is 2.34. The fourth-order valence-electron chi connectivity index (χ4n) is 4.76. The van der Waals surface area contributed by atoms with Crippen LogP contribution in [-0.2, 0) is 23.5 Å². The zero-order chi connectivity index (χ0) is 26.7. The summed E-state index contributed by atoms with van der Waals surface area (Å²) in [7, 11) is -2.06. The number of nitrogens with zero attached hydrogens (tertiary/aromatic N) is 4. The minimum absolute atomic E-state index is 0.109. The van der Waals surface area contributed by atoms with Gasteiger partial charge in [-0.25, -0.2) is 13.4 Å². The lowest BCUT2D eigenvalue weighted by Gasteiger charge is -2.33. The predicted molar refractivity (Wildman–Crippen MR) is 144 cm³/mol. The minimum Gasteiger partial charge on any atom is -0.493 e. The van der Waals surface area contributed by atoms with Gasteiger partial charge in [-0.15, -0.1) is 0 Å². The largest absolute Gasteiger partial charge is 0.493 e. The van der Waals surface area contributed by atoms with Crippen LogP contribution in [0.2, 0.25) is 5.15 Å². The normalized spacial score (nSPS) is 15.5. The smallest absolute Gasteiger partial charge is 0.275 e. The maximum atomic E-state index is 13.5. The van der Waals surface area contributed by atoms with E-state index in [0.29, 0.717) is 73.1 Å². The number of fused-ring (bicyclic) bond motifs is 1. The Bertz CT molecular complexity index is 1430. The first-order valence-electron chi connectivity index (χ1n) is 12.6. The number of piperazine rings is 1. The van der Waals surface area contributed by atoms with E-state index in [1.165, 1.54) is 16.4 Å². The van der Waals surface area contributed by atoms with E-state index >= 15 is 0 Å². The lowest BCUT2D eigenvalue weighted by Crippen LogP contribution is -2.48. The van der Waals surface area contributed by atoms with Gasteiger partial charge in [0.2, 0.25) is 10.0 Å². The fraction of sp³-hybridized carbons (Fsp3) is 0.520. The second-order valence-corrected chi connectivity index (χ2v) is 11.4. The molecule has 37 heavy (non-hydrogen) atoms. The van der Waals surface area contributed by atoms with Crippen LogP contribution in [-0.4, -0.2) is 83.2 Å². The van der Waals surface area contributed by atoms with Crippen LogP contribution >= 0.6 is 11.6 Å². The Kier molecular flexibility index (Phi) is 8.59. The van der Waals surface area contributed by atoms with Crippen molar-refractivity contribution in [1.29, 1.82) is 0 Å². The molecule has 0 radical (unpaired) electrons. The molecule has 3 heterocycles. The summed E-state index contributed by atoms with van der Waals surface area (Å²) in [5, 5.41) is 9.53. The van der Waals surface area contributed by atoms with Crippen LogP contribution in [0, 0.1) is 0 Å². The number of halogens is 1. The second-order valence-electron chi connectivity index (χ2n) is 9.10. The topological polar surface area (TPSA) is 121 Å². The molecule has 0 atom stereocenters. The molecule has 1 aliphatic heterocycles. The van der Waals surface area contributed by atoms with Gasteiger partial charge in [0, 0.05) is 51.9 Å². The Morgan fingerprint density at radius 3 is 2.57 bits per heavy atom. The molecule has 10 nitrogen and oxygen atoms in total. The average molecular weight is 552 g/mol. The first kappa shape index (κ1) is 27.6. The average Bonchev–Trinajstić information content (AvgIpc) is 3.13. The molecular formula is C25H34ClN5O5S. The molecule has 2 aromatic heterocycles. The number of sulfonamides is 1. The molecule has 0 bridgehead atoms. The van der Waals surface area contributed by atoms with E-state index in [4.69, 9.17) is 26.4 Å². The molecule has 0 aliphatic carbocycles. The van der Waals surface area contributed by atoms with Crippen molar-refractivity contribution in [3.05, 3.63) is 39.3 Å². The zero-order valence-electron chi connectivity index (χ0n) is 21.5. The summed E-state index contributed by atoms with van der Waals surface area (Å²) < 4.78 is 36.0. The van der Waals surface area contributed by atoms with Crippen molar-refractivity contribution in [2.45, 2.75) is 38.0 Å². The van der Waals surface area contributed by atoms with Crippen LogP contribution in [0.5, 0.6) is 5.75 Å². The maximum absolute atomic E-state index is 13.5. The van der Waals surface area contributed by atoms with E-state index in [2.05, 4.69) is 9.88 Å². The highest BCUT2D eigenvalue weighted by Gasteiger charge is 2.29. The van der Waals surface area contributed by atoms with E-state index < -0.39 is 10.0 Å². The molecule has 12 heteroatoms. The van der Waals surface area contributed by atoms with Gasteiger partial charge in [0.15, 0.2) is 0 Å². The predicted octanol–water partition coefficient (Wildman–Crippen LogP) is 2.62. The number of aryl methyl sites for hydroxylation is 2. The monoisotopic (exact) mass is 551 g/mol. The van der Waals surface area contributed by atoms with Crippen LogP contribution in [0.4, 0.5) is 0 Å². The number of hydrogen-bond donors (Lipinski definition) is 2. The highest BCUT2D eigenvalue weighted by molar-refractivity contribution is 7.89. The van der Waals surface area contributed by atoms with Crippen molar-refractivity contribution in [2.75, 3.05) is 45.9 Å². The van der Waals surface area contributed by atoms with E-state index in [0.717, 1.165) is 18.5 Å². The summed E-state index contributed by atoms with van der Waals surface area (Å²) in [5.74, 6) is 0.656.